The molecule has 1 fully saturated rings. The van der Waals surface area contributed by atoms with Crippen molar-refractivity contribution in [1.29, 1.82) is 5.26 Å². The van der Waals surface area contributed by atoms with Crippen LogP contribution in [-0.2, 0) is 9.59 Å². The maximum Gasteiger partial charge on any atom is 0.294 e. The minimum Gasteiger partial charge on any atom is -0.493 e. The van der Waals surface area contributed by atoms with Gasteiger partial charge in [-0.25, -0.2) is 0 Å². The van der Waals surface area contributed by atoms with Crippen molar-refractivity contribution in [2.75, 3.05) is 25.6 Å². The number of ether oxygens (including phenoxy) is 2. The highest BCUT2D eigenvalue weighted by Gasteiger charge is 2.36. The molecule has 0 atom stereocenters. The van der Waals surface area contributed by atoms with Gasteiger partial charge in [0.2, 0.25) is 5.91 Å². The molecule has 0 aliphatic carbocycles. The van der Waals surface area contributed by atoms with Gasteiger partial charge in [-0.3, -0.25) is 19.3 Å². The summed E-state index contributed by atoms with van der Waals surface area (Å²) in [5, 5.41) is 11.2. The molecular formula is C22H18ClN3O5S. The first-order valence-corrected chi connectivity index (χ1v) is 10.5. The van der Waals surface area contributed by atoms with Gasteiger partial charge in [-0.05, 0) is 60.2 Å². The first kappa shape index (κ1) is 23.2. The monoisotopic (exact) mass is 471 g/mol. The second-order valence-corrected chi connectivity index (χ2v) is 8.04. The number of halogens is 1. The van der Waals surface area contributed by atoms with Crippen LogP contribution in [0.2, 0.25) is 5.02 Å². The Morgan fingerprint density at radius 3 is 2.72 bits per heavy atom. The van der Waals surface area contributed by atoms with Crippen LogP contribution in [0.1, 0.15) is 11.1 Å². The lowest BCUT2D eigenvalue weighted by molar-refractivity contribution is -0.127. The normalized spacial score (nSPS) is 14.4. The summed E-state index contributed by atoms with van der Waals surface area (Å²) in [7, 11) is 1.45. The van der Waals surface area contributed by atoms with Crippen molar-refractivity contribution in [1.82, 2.24) is 4.90 Å². The van der Waals surface area contributed by atoms with Crippen molar-refractivity contribution in [3.8, 4) is 17.6 Å². The third kappa shape index (κ3) is 5.41. The number of anilines is 1. The fraction of sp³-hybridized carbons (Fsp3) is 0.182. The van der Waals surface area contributed by atoms with Crippen molar-refractivity contribution < 1.29 is 23.9 Å². The SMILES string of the molecule is COc1cc(/C=C2\SC(=O)N(CC(=O)Nc3ccc(C)c(Cl)c3)C2=O)ccc1OCC#N. The Morgan fingerprint density at radius 1 is 1.25 bits per heavy atom. The van der Waals surface area contributed by atoms with Gasteiger partial charge in [0.15, 0.2) is 18.1 Å². The number of methoxy groups -OCH3 is 1. The van der Waals surface area contributed by atoms with Crippen LogP contribution >= 0.6 is 23.4 Å². The maximum absolute atomic E-state index is 12.7. The van der Waals surface area contributed by atoms with Gasteiger partial charge < -0.3 is 14.8 Å². The molecule has 0 aromatic heterocycles. The van der Waals surface area contributed by atoms with Crippen molar-refractivity contribution >= 4 is 52.2 Å². The lowest BCUT2D eigenvalue weighted by atomic mass is 10.2. The third-order valence-corrected chi connectivity index (χ3v) is 5.72. The number of hydrogen-bond acceptors (Lipinski definition) is 7. The van der Waals surface area contributed by atoms with Crippen LogP contribution in [0.3, 0.4) is 0 Å². The molecule has 1 aliphatic heterocycles. The Morgan fingerprint density at radius 2 is 2.03 bits per heavy atom. The van der Waals surface area contributed by atoms with Gasteiger partial charge in [0.1, 0.15) is 12.6 Å². The summed E-state index contributed by atoms with van der Waals surface area (Å²) >= 11 is 6.80. The Balaban J connectivity index is 1.71. The fourth-order valence-electron chi connectivity index (χ4n) is 2.81. The Labute approximate surface area is 193 Å². The van der Waals surface area contributed by atoms with E-state index in [9.17, 15) is 14.4 Å². The van der Waals surface area contributed by atoms with Crippen LogP contribution < -0.4 is 14.8 Å². The molecule has 3 amide bonds. The van der Waals surface area contributed by atoms with E-state index in [4.69, 9.17) is 26.3 Å². The molecule has 0 saturated carbocycles. The molecule has 3 rings (SSSR count). The molecule has 2 aromatic rings. The standard InChI is InChI=1S/C22H18ClN3O5S/c1-13-3-5-15(11-16(13)23)25-20(27)12-26-21(28)19(32-22(26)29)10-14-4-6-17(31-8-7-24)18(9-14)30-2/h3-6,9-11H,8,12H2,1-2H3,(H,25,27)/b19-10-. The maximum atomic E-state index is 12.7. The largest absolute Gasteiger partial charge is 0.493 e. The van der Waals surface area contributed by atoms with E-state index >= 15 is 0 Å². The molecule has 8 nitrogen and oxygen atoms in total. The Bertz CT molecular complexity index is 1160. The summed E-state index contributed by atoms with van der Waals surface area (Å²) in [4.78, 5) is 38.4. The van der Waals surface area contributed by atoms with Crippen LogP contribution in [0.4, 0.5) is 10.5 Å². The topological polar surface area (TPSA) is 109 Å². The van der Waals surface area contributed by atoms with Crippen molar-refractivity contribution in [2.24, 2.45) is 0 Å². The van der Waals surface area contributed by atoms with Crippen LogP contribution in [0.5, 0.6) is 11.5 Å². The molecule has 164 valence electrons. The number of carbonyl (C=O) groups excluding carboxylic acids is 3. The lowest BCUT2D eigenvalue weighted by Crippen LogP contribution is -2.36. The number of amides is 3. The number of nitrogens with one attached hydrogen (secondary N) is 1. The van der Waals surface area contributed by atoms with E-state index in [1.165, 1.54) is 13.2 Å². The fourth-order valence-corrected chi connectivity index (χ4v) is 3.82. The molecule has 1 aliphatic rings. The number of aryl methyl sites for hydroxylation is 1. The molecule has 10 heteroatoms. The quantitative estimate of drug-likeness (QED) is 0.601. The third-order valence-electron chi connectivity index (χ3n) is 4.41. The summed E-state index contributed by atoms with van der Waals surface area (Å²) in [5.74, 6) is -0.327. The van der Waals surface area contributed by atoms with Gasteiger partial charge >= 0.3 is 0 Å². The van der Waals surface area contributed by atoms with Crippen LogP contribution in [0.25, 0.3) is 6.08 Å². The molecule has 0 spiro atoms. The summed E-state index contributed by atoms with van der Waals surface area (Å²) in [6, 6.07) is 11.8. The van der Waals surface area contributed by atoms with Crippen LogP contribution in [-0.4, -0.2) is 42.2 Å². The van der Waals surface area contributed by atoms with E-state index in [0.29, 0.717) is 27.8 Å². The zero-order chi connectivity index (χ0) is 23.3. The first-order chi connectivity index (χ1) is 15.3. The molecule has 1 saturated heterocycles. The Kier molecular flexibility index (Phi) is 7.41. The number of rotatable bonds is 7. The van der Waals surface area contributed by atoms with Gasteiger partial charge in [-0.1, -0.05) is 23.7 Å². The van der Waals surface area contributed by atoms with Gasteiger partial charge in [-0.15, -0.1) is 0 Å². The van der Waals surface area contributed by atoms with E-state index < -0.39 is 23.6 Å². The number of imide groups is 1. The number of benzene rings is 2. The van der Waals surface area contributed by atoms with Gasteiger partial charge in [0.25, 0.3) is 11.1 Å². The Hall–Kier alpha value is -3.48. The zero-order valence-corrected chi connectivity index (χ0v) is 18.7. The lowest BCUT2D eigenvalue weighted by Gasteiger charge is -2.13. The first-order valence-electron chi connectivity index (χ1n) is 9.31. The number of carbonyl (C=O) groups is 3. The summed E-state index contributed by atoms with van der Waals surface area (Å²) in [6.07, 6.45) is 1.53. The molecule has 0 bridgehead atoms. The van der Waals surface area contributed by atoms with E-state index in [2.05, 4.69) is 5.32 Å². The molecule has 32 heavy (non-hydrogen) atoms. The molecule has 2 aromatic carbocycles. The summed E-state index contributed by atoms with van der Waals surface area (Å²) < 4.78 is 10.5. The predicted octanol–water partition coefficient (Wildman–Crippen LogP) is 4.23. The second-order valence-electron chi connectivity index (χ2n) is 6.64. The van der Waals surface area contributed by atoms with Crippen molar-refractivity contribution in [3.05, 3.63) is 57.5 Å². The van der Waals surface area contributed by atoms with E-state index in [1.807, 2.05) is 13.0 Å². The van der Waals surface area contributed by atoms with Gasteiger partial charge in [-0.2, -0.15) is 5.26 Å². The number of nitriles is 1. The highest BCUT2D eigenvalue weighted by molar-refractivity contribution is 8.18. The highest BCUT2D eigenvalue weighted by atomic mass is 35.5. The van der Waals surface area contributed by atoms with E-state index in [1.54, 1.807) is 36.4 Å². The molecule has 0 radical (unpaired) electrons. The van der Waals surface area contributed by atoms with Gasteiger partial charge in [0, 0.05) is 10.7 Å². The minimum absolute atomic E-state index is 0.133. The predicted molar refractivity (Wildman–Crippen MR) is 122 cm³/mol. The highest BCUT2D eigenvalue weighted by Crippen LogP contribution is 2.34. The van der Waals surface area contributed by atoms with Crippen LogP contribution in [0, 0.1) is 18.3 Å². The molecule has 0 unspecified atom stereocenters. The zero-order valence-electron chi connectivity index (χ0n) is 17.2. The number of hydrogen-bond donors (Lipinski definition) is 1. The van der Waals surface area contributed by atoms with Crippen molar-refractivity contribution in [2.45, 2.75) is 6.92 Å². The molecule has 1 heterocycles. The van der Waals surface area contributed by atoms with E-state index in [-0.39, 0.29) is 11.5 Å². The minimum atomic E-state index is -0.569. The molecular weight excluding hydrogens is 454 g/mol. The summed E-state index contributed by atoms with van der Waals surface area (Å²) in [5.41, 5.74) is 1.93. The molecule has 1 N–H and O–H groups in total. The number of thioether (sulfide) groups is 1. The van der Waals surface area contributed by atoms with Crippen molar-refractivity contribution in [3.63, 3.8) is 0 Å². The second kappa shape index (κ2) is 10.2. The van der Waals surface area contributed by atoms with Crippen LogP contribution in [0.15, 0.2) is 41.3 Å². The van der Waals surface area contributed by atoms with Gasteiger partial charge in [0.05, 0.1) is 12.0 Å². The van der Waals surface area contributed by atoms with E-state index in [0.717, 1.165) is 22.2 Å². The average Bonchev–Trinajstić information content (AvgIpc) is 3.02. The average molecular weight is 472 g/mol. The summed E-state index contributed by atoms with van der Waals surface area (Å²) in [6.45, 7) is 1.28. The number of nitrogens with zero attached hydrogens (tertiary/aromatic N) is 2. The smallest absolute Gasteiger partial charge is 0.294 e.